The molecule has 2 saturated carbocycles. The molecule has 2 rings (SSSR count). The lowest BCUT2D eigenvalue weighted by molar-refractivity contribution is -0.135. The Kier molecular flexibility index (Phi) is 7.99. The molecule has 5 heteroatoms. The zero-order chi connectivity index (χ0) is 14.5. The van der Waals surface area contributed by atoms with Gasteiger partial charge >= 0.3 is 0 Å². The number of likely N-dealkylation sites (N-methyl/N-ethyl adjacent to an activating group) is 2. The van der Waals surface area contributed by atoms with Gasteiger partial charge in [-0.15, -0.1) is 12.4 Å². The molecule has 0 saturated heterocycles. The van der Waals surface area contributed by atoms with E-state index in [1.807, 2.05) is 0 Å². The highest BCUT2D eigenvalue weighted by atomic mass is 35.5. The first-order valence-corrected chi connectivity index (χ1v) is 8.37. The first-order valence-electron chi connectivity index (χ1n) is 8.37. The average molecular weight is 318 g/mol. The largest absolute Gasteiger partial charge is 0.339 e. The van der Waals surface area contributed by atoms with Crippen molar-refractivity contribution in [1.29, 1.82) is 0 Å². The molecule has 1 amide bonds. The van der Waals surface area contributed by atoms with Crippen LogP contribution in [0.1, 0.15) is 51.9 Å². The summed E-state index contributed by atoms with van der Waals surface area (Å²) in [5.74, 6) is 1.02. The van der Waals surface area contributed by atoms with Crippen LogP contribution in [0, 0.1) is 5.92 Å². The number of amides is 1. The van der Waals surface area contributed by atoms with E-state index in [9.17, 15) is 4.79 Å². The topological polar surface area (TPSA) is 49.6 Å². The fraction of sp³-hybridized carbons (Fsp3) is 0.938. The van der Waals surface area contributed by atoms with E-state index >= 15 is 0 Å². The maximum Gasteiger partial charge on any atom is 0.236 e. The minimum absolute atomic E-state index is 0. The molecule has 0 bridgehead atoms. The molecule has 0 aromatic rings. The van der Waals surface area contributed by atoms with E-state index in [4.69, 9.17) is 5.73 Å². The van der Waals surface area contributed by atoms with E-state index in [1.165, 1.54) is 44.9 Å². The molecule has 0 aromatic carbocycles. The summed E-state index contributed by atoms with van der Waals surface area (Å²) in [6, 6.07) is 0.871. The molecule has 1 atom stereocenters. The van der Waals surface area contributed by atoms with Crippen molar-refractivity contribution < 1.29 is 4.79 Å². The van der Waals surface area contributed by atoms with Gasteiger partial charge in [0.15, 0.2) is 0 Å². The first kappa shape index (κ1) is 18.7. The van der Waals surface area contributed by atoms with Crippen LogP contribution in [0.25, 0.3) is 0 Å². The highest BCUT2D eigenvalue weighted by molar-refractivity contribution is 5.85. The van der Waals surface area contributed by atoms with E-state index in [2.05, 4.69) is 23.8 Å². The van der Waals surface area contributed by atoms with Gasteiger partial charge in [0.1, 0.15) is 0 Å². The van der Waals surface area contributed by atoms with Gasteiger partial charge in [-0.1, -0.05) is 19.3 Å². The Morgan fingerprint density at radius 1 is 1.19 bits per heavy atom. The van der Waals surface area contributed by atoms with Gasteiger partial charge in [-0.3, -0.25) is 9.69 Å². The SMILES string of the molecule is CCN(C(=O)CN(C)C(CN)C1CC1)C1CCCCC1.Cl. The number of carbonyl (C=O) groups excluding carboxylic acids is 1. The maximum absolute atomic E-state index is 12.6. The second-order valence-corrected chi connectivity index (χ2v) is 6.53. The lowest BCUT2D eigenvalue weighted by atomic mass is 9.94. The molecule has 2 aliphatic rings. The van der Waals surface area contributed by atoms with E-state index in [0.29, 0.717) is 31.1 Å². The molecule has 0 heterocycles. The van der Waals surface area contributed by atoms with Crippen LogP contribution in [0.4, 0.5) is 0 Å². The van der Waals surface area contributed by atoms with E-state index < -0.39 is 0 Å². The van der Waals surface area contributed by atoms with Crippen molar-refractivity contribution in [3.63, 3.8) is 0 Å². The molecule has 2 N–H and O–H groups in total. The van der Waals surface area contributed by atoms with Crippen LogP contribution in [-0.2, 0) is 4.79 Å². The summed E-state index contributed by atoms with van der Waals surface area (Å²) in [5, 5.41) is 0. The van der Waals surface area contributed by atoms with Crippen LogP contribution in [0.2, 0.25) is 0 Å². The number of carbonyl (C=O) groups is 1. The minimum atomic E-state index is 0. The number of halogens is 1. The molecule has 0 aromatic heterocycles. The van der Waals surface area contributed by atoms with Crippen molar-refractivity contribution in [2.75, 3.05) is 26.7 Å². The van der Waals surface area contributed by atoms with E-state index in [1.54, 1.807) is 0 Å². The third-order valence-corrected chi connectivity index (χ3v) is 5.03. The predicted octanol–water partition coefficient (Wildman–Crippen LogP) is 2.26. The fourth-order valence-corrected chi connectivity index (χ4v) is 3.67. The predicted molar refractivity (Wildman–Crippen MR) is 89.7 cm³/mol. The van der Waals surface area contributed by atoms with Crippen LogP contribution in [0.15, 0.2) is 0 Å². The molecule has 0 radical (unpaired) electrons. The number of nitrogens with two attached hydrogens (primary N) is 1. The minimum Gasteiger partial charge on any atom is -0.339 e. The summed E-state index contributed by atoms with van der Waals surface area (Å²) in [7, 11) is 2.06. The molecule has 2 aliphatic carbocycles. The van der Waals surface area contributed by atoms with Crippen LogP contribution in [0.3, 0.4) is 0 Å². The Hall–Kier alpha value is -0.320. The zero-order valence-electron chi connectivity index (χ0n) is 13.6. The van der Waals surface area contributed by atoms with Crippen LogP contribution in [-0.4, -0.2) is 54.5 Å². The average Bonchev–Trinajstić information content (AvgIpc) is 3.26. The molecular formula is C16H32ClN3O. The molecule has 2 fully saturated rings. The third kappa shape index (κ3) is 5.11. The van der Waals surface area contributed by atoms with Crippen molar-refractivity contribution >= 4 is 18.3 Å². The quantitative estimate of drug-likeness (QED) is 0.783. The van der Waals surface area contributed by atoms with Gasteiger partial charge in [-0.2, -0.15) is 0 Å². The van der Waals surface area contributed by atoms with Gasteiger partial charge < -0.3 is 10.6 Å². The molecule has 1 unspecified atom stereocenters. The van der Waals surface area contributed by atoms with Crippen LogP contribution < -0.4 is 5.73 Å². The molecule has 0 spiro atoms. The monoisotopic (exact) mass is 317 g/mol. The summed E-state index contributed by atoms with van der Waals surface area (Å²) in [4.78, 5) is 16.9. The highest BCUT2D eigenvalue weighted by Crippen LogP contribution is 2.34. The van der Waals surface area contributed by atoms with Crippen molar-refractivity contribution in [2.24, 2.45) is 11.7 Å². The summed E-state index contributed by atoms with van der Waals surface area (Å²) in [6.07, 6.45) is 8.81. The van der Waals surface area contributed by atoms with Gasteiger partial charge in [-0.05, 0) is 45.6 Å². The summed E-state index contributed by atoms with van der Waals surface area (Å²) in [6.45, 7) is 4.15. The van der Waals surface area contributed by atoms with Crippen molar-refractivity contribution in [3.8, 4) is 0 Å². The zero-order valence-corrected chi connectivity index (χ0v) is 14.4. The second-order valence-electron chi connectivity index (χ2n) is 6.53. The number of hydrogen-bond acceptors (Lipinski definition) is 3. The normalized spacial score (nSPS) is 21.0. The van der Waals surface area contributed by atoms with Gasteiger partial charge in [0, 0.05) is 25.2 Å². The summed E-state index contributed by atoms with van der Waals surface area (Å²) < 4.78 is 0. The Morgan fingerprint density at radius 3 is 2.29 bits per heavy atom. The van der Waals surface area contributed by atoms with Crippen molar-refractivity contribution in [1.82, 2.24) is 9.80 Å². The Balaban J connectivity index is 0.00000220. The lowest BCUT2D eigenvalue weighted by Crippen LogP contribution is -2.49. The van der Waals surface area contributed by atoms with Crippen molar-refractivity contribution in [3.05, 3.63) is 0 Å². The van der Waals surface area contributed by atoms with Crippen molar-refractivity contribution in [2.45, 2.75) is 64.0 Å². The Labute approximate surface area is 135 Å². The number of nitrogens with zero attached hydrogens (tertiary/aromatic N) is 2. The lowest BCUT2D eigenvalue weighted by Gasteiger charge is -2.36. The molecule has 124 valence electrons. The molecule has 0 aliphatic heterocycles. The first-order chi connectivity index (χ1) is 9.67. The summed E-state index contributed by atoms with van der Waals surface area (Å²) in [5.41, 5.74) is 5.88. The Bertz CT molecular complexity index is 317. The molecule has 4 nitrogen and oxygen atoms in total. The smallest absolute Gasteiger partial charge is 0.236 e. The maximum atomic E-state index is 12.6. The van der Waals surface area contributed by atoms with Crippen LogP contribution in [0.5, 0.6) is 0 Å². The number of rotatable bonds is 7. The molecular weight excluding hydrogens is 286 g/mol. The van der Waals surface area contributed by atoms with E-state index in [-0.39, 0.29) is 12.4 Å². The third-order valence-electron chi connectivity index (χ3n) is 5.03. The van der Waals surface area contributed by atoms with Gasteiger partial charge in [0.2, 0.25) is 5.91 Å². The Morgan fingerprint density at radius 2 is 1.81 bits per heavy atom. The van der Waals surface area contributed by atoms with Crippen LogP contribution >= 0.6 is 12.4 Å². The fourth-order valence-electron chi connectivity index (χ4n) is 3.67. The highest BCUT2D eigenvalue weighted by Gasteiger charge is 2.34. The van der Waals surface area contributed by atoms with E-state index in [0.717, 1.165) is 12.5 Å². The van der Waals surface area contributed by atoms with Gasteiger partial charge in [0.25, 0.3) is 0 Å². The number of hydrogen-bond donors (Lipinski definition) is 1. The summed E-state index contributed by atoms with van der Waals surface area (Å²) >= 11 is 0. The second kappa shape index (κ2) is 8.96. The van der Waals surface area contributed by atoms with Gasteiger partial charge in [-0.25, -0.2) is 0 Å². The van der Waals surface area contributed by atoms with Gasteiger partial charge in [0.05, 0.1) is 6.54 Å². The molecule has 21 heavy (non-hydrogen) atoms. The standard InChI is InChI=1S/C16H31N3O.ClH/c1-3-19(14-7-5-4-6-8-14)16(20)12-18(2)15(11-17)13-9-10-13;/h13-15H,3-12,17H2,1-2H3;1H.